The van der Waals surface area contributed by atoms with E-state index in [-0.39, 0.29) is 17.9 Å². The summed E-state index contributed by atoms with van der Waals surface area (Å²) in [7, 11) is 0. The van der Waals surface area contributed by atoms with Crippen LogP contribution in [0.5, 0.6) is 11.5 Å². The van der Waals surface area contributed by atoms with Crippen molar-refractivity contribution < 1.29 is 9.47 Å². The van der Waals surface area contributed by atoms with Crippen LogP contribution in [0.2, 0.25) is 0 Å². The SMILES string of the molecule is CCCCC(N)Oc1c(Br)cc(C(C)(C)c2cc(Br)c(OC(N)CCCC)c(Br)c2)cc1Br. The Balaban J connectivity index is 2.32. The third-order valence-electron chi connectivity index (χ3n) is 5.66. The van der Waals surface area contributed by atoms with Crippen LogP contribution in [0, 0.1) is 0 Å². The molecular weight excluding hydrogens is 680 g/mol. The summed E-state index contributed by atoms with van der Waals surface area (Å²) in [5, 5.41) is 0. The Labute approximate surface area is 232 Å². The molecule has 0 saturated carbocycles. The Bertz CT molecular complexity index is 817. The van der Waals surface area contributed by atoms with Crippen LogP contribution < -0.4 is 20.9 Å². The molecular formula is C25H34Br4N2O2. The van der Waals surface area contributed by atoms with Gasteiger partial charge in [0.15, 0.2) is 0 Å². The molecule has 4 nitrogen and oxygen atoms in total. The van der Waals surface area contributed by atoms with E-state index in [1.54, 1.807) is 0 Å². The van der Waals surface area contributed by atoms with E-state index < -0.39 is 0 Å². The number of unbranched alkanes of at least 4 members (excludes halogenated alkanes) is 2. The normalized spacial score (nSPS) is 13.6. The standard InChI is InChI=1S/C25H34Br4N2O2/c1-5-7-9-21(30)32-23-17(26)11-15(12-18(23)27)25(3,4)16-13-19(28)24(20(29)14-16)33-22(31)10-8-6-2/h11-14,21-22H,5-10,30-31H2,1-4H3. The molecule has 2 unspecified atom stereocenters. The van der Waals surface area contributed by atoms with Crippen LogP contribution in [0.25, 0.3) is 0 Å². The summed E-state index contributed by atoms with van der Waals surface area (Å²) < 4.78 is 15.5. The van der Waals surface area contributed by atoms with Crippen LogP contribution in [-0.2, 0) is 5.41 Å². The first-order valence-electron chi connectivity index (χ1n) is 11.3. The zero-order valence-corrected chi connectivity index (χ0v) is 26.0. The molecule has 0 saturated heterocycles. The number of nitrogens with two attached hydrogens (primary N) is 2. The van der Waals surface area contributed by atoms with Crippen molar-refractivity contribution in [3.8, 4) is 11.5 Å². The molecule has 8 heteroatoms. The monoisotopic (exact) mass is 710 g/mol. The average molecular weight is 714 g/mol. The van der Waals surface area contributed by atoms with Crippen molar-refractivity contribution in [2.45, 2.75) is 84.1 Å². The zero-order chi connectivity index (χ0) is 24.8. The maximum absolute atomic E-state index is 6.16. The molecule has 0 amide bonds. The van der Waals surface area contributed by atoms with Crippen LogP contribution in [0.15, 0.2) is 42.2 Å². The van der Waals surface area contributed by atoms with E-state index in [1.807, 2.05) is 0 Å². The smallest absolute Gasteiger partial charge is 0.150 e. The van der Waals surface area contributed by atoms with E-state index in [0.717, 1.165) is 79.0 Å². The fraction of sp³-hybridized carbons (Fsp3) is 0.520. The van der Waals surface area contributed by atoms with Gasteiger partial charge in [0, 0.05) is 5.41 Å². The molecule has 2 atom stereocenters. The van der Waals surface area contributed by atoms with Crippen molar-refractivity contribution in [3.63, 3.8) is 0 Å². The van der Waals surface area contributed by atoms with Gasteiger partial charge in [-0.3, -0.25) is 11.5 Å². The molecule has 2 aromatic carbocycles. The molecule has 0 radical (unpaired) electrons. The first-order chi connectivity index (χ1) is 15.5. The van der Waals surface area contributed by atoms with Gasteiger partial charge in [-0.05, 0) is 125 Å². The number of benzene rings is 2. The summed E-state index contributed by atoms with van der Waals surface area (Å²) in [5.74, 6) is 1.45. The van der Waals surface area contributed by atoms with Crippen molar-refractivity contribution >= 4 is 63.7 Å². The van der Waals surface area contributed by atoms with Crippen LogP contribution in [0.4, 0.5) is 0 Å². The minimum atomic E-state index is -0.334. The third-order valence-corrected chi connectivity index (χ3v) is 8.02. The summed E-state index contributed by atoms with van der Waals surface area (Å²) >= 11 is 14.7. The highest BCUT2D eigenvalue weighted by molar-refractivity contribution is 9.11. The van der Waals surface area contributed by atoms with E-state index in [1.165, 1.54) is 0 Å². The Hall–Kier alpha value is -0.120. The van der Waals surface area contributed by atoms with E-state index in [4.69, 9.17) is 20.9 Å². The second-order valence-electron chi connectivity index (χ2n) is 8.76. The van der Waals surface area contributed by atoms with Gasteiger partial charge in [0.05, 0.1) is 17.9 Å². The molecule has 0 spiro atoms. The van der Waals surface area contributed by atoms with Gasteiger partial charge in [0.25, 0.3) is 0 Å². The van der Waals surface area contributed by atoms with Crippen molar-refractivity contribution in [2.75, 3.05) is 0 Å². The van der Waals surface area contributed by atoms with Gasteiger partial charge in [-0.2, -0.15) is 0 Å². The Morgan fingerprint density at radius 3 is 1.27 bits per heavy atom. The van der Waals surface area contributed by atoms with Gasteiger partial charge in [-0.1, -0.05) is 40.5 Å². The topological polar surface area (TPSA) is 70.5 Å². The third kappa shape index (κ3) is 7.94. The fourth-order valence-electron chi connectivity index (χ4n) is 3.46. The molecule has 33 heavy (non-hydrogen) atoms. The summed E-state index contributed by atoms with van der Waals surface area (Å²) in [6.07, 6.45) is 5.23. The second kappa shape index (κ2) is 13.3. The summed E-state index contributed by atoms with van der Waals surface area (Å²) in [4.78, 5) is 0. The van der Waals surface area contributed by atoms with Crippen LogP contribution in [-0.4, -0.2) is 12.5 Å². The molecule has 0 heterocycles. The zero-order valence-electron chi connectivity index (χ0n) is 19.7. The molecule has 184 valence electrons. The molecule has 0 aliphatic heterocycles. The highest BCUT2D eigenvalue weighted by Crippen LogP contribution is 2.44. The summed E-state index contributed by atoms with van der Waals surface area (Å²) in [5.41, 5.74) is 14.3. The van der Waals surface area contributed by atoms with Crippen molar-refractivity contribution in [3.05, 3.63) is 53.3 Å². The quantitative estimate of drug-likeness (QED) is 0.216. The van der Waals surface area contributed by atoms with Crippen LogP contribution in [0.3, 0.4) is 0 Å². The van der Waals surface area contributed by atoms with Gasteiger partial charge >= 0.3 is 0 Å². The number of ether oxygens (including phenoxy) is 2. The Morgan fingerprint density at radius 1 is 0.697 bits per heavy atom. The molecule has 2 rings (SSSR count). The van der Waals surface area contributed by atoms with Gasteiger partial charge < -0.3 is 9.47 Å². The highest BCUT2D eigenvalue weighted by Gasteiger charge is 2.28. The summed E-state index contributed by atoms with van der Waals surface area (Å²) in [6, 6.07) is 8.39. The van der Waals surface area contributed by atoms with Crippen LogP contribution >= 0.6 is 63.7 Å². The largest absolute Gasteiger partial charge is 0.473 e. The second-order valence-corrected chi connectivity index (χ2v) is 12.2. The predicted octanol–water partition coefficient (Wildman–Crippen LogP) is 8.77. The maximum Gasteiger partial charge on any atom is 0.150 e. The van der Waals surface area contributed by atoms with Gasteiger partial charge in [0.1, 0.15) is 24.0 Å². The predicted molar refractivity (Wildman–Crippen MR) is 152 cm³/mol. The lowest BCUT2D eigenvalue weighted by Gasteiger charge is -2.29. The van der Waals surface area contributed by atoms with E-state index in [0.29, 0.717) is 0 Å². The number of hydrogen-bond acceptors (Lipinski definition) is 4. The molecule has 2 aromatic rings. The molecule has 0 aliphatic rings. The van der Waals surface area contributed by atoms with Crippen molar-refractivity contribution in [1.29, 1.82) is 0 Å². The molecule has 0 aliphatic carbocycles. The maximum atomic E-state index is 6.16. The lowest BCUT2D eigenvalue weighted by atomic mass is 9.78. The van der Waals surface area contributed by atoms with E-state index >= 15 is 0 Å². The van der Waals surface area contributed by atoms with Gasteiger partial charge in [-0.15, -0.1) is 0 Å². The van der Waals surface area contributed by atoms with E-state index in [2.05, 4.69) is 116 Å². The lowest BCUT2D eigenvalue weighted by molar-refractivity contribution is 0.192. The van der Waals surface area contributed by atoms with Crippen molar-refractivity contribution in [2.24, 2.45) is 11.5 Å². The highest BCUT2D eigenvalue weighted by atomic mass is 79.9. The molecule has 4 N–H and O–H groups in total. The van der Waals surface area contributed by atoms with E-state index in [9.17, 15) is 0 Å². The van der Waals surface area contributed by atoms with Gasteiger partial charge in [-0.25, -0.2) is 0 Å². The lowest BCUT2D eigenvalue weighted by Crippen LogP contribution is -2.27. The van der Waals surface area contributed by atoms with Crippen molar-refractivity contribution in [1.82, 2.24) is 0 Å². The Morgan fingerprint density at radius 2 is 1.00 bits per heavy atom. The first kappa shape index (κ1) is 29.1. The molecule has 0 fully saturated rings. The van der Waals surface area contributed by atoms with Gasteiger partial charge in [0.2, 0.25) is 0 Å². The average Bonchev–Trinajstić information content (AvgIpc) is 2.75. The minimum absolute atomic E-state index is 0.290. The number of halogens is 4. The minimum Gasteiger partial charge on any atom is -0.473 e. The summed E-state index contributed by atoms with van der Waals surface area (Å²) in [6.45, 7) is 8.67. The molecule has 0 aromatic heterocycles. The Kier molecular flexibility index (Phi) is 11.7. The molecule has 0 bridgehead atoms. The number of rotatable bonds is 12. The number of hydrogen-bond donors (Lipinski definition) is 2. The fourth-order valence-corrected chi connectivity index (χ4v) is 6.21. The van der Waals surface area contributed by atoms with Crippen LogP contribution in [0.1, 0.15) is 77.3 Å². The first-order valence-corrected chi connectivity index (χ1v) is 14.5.